The molecule has 0 saturated heterocycles. The van der Waals surface area contributed by atoms with Crippen molar-refractivity contribution in [3.8, 4) is 0 Å². The second kappa shape index (κ2) is 5.72. The van der Waals surface area contributed by atoms with Crippen molar-refractivity contribution in [3.05, 3.63) is 39.4 Å². The monoisotopic (exact) mass is 279 g/mol. The number of rotatable bonds is 4. The number of H-pyrrole nitrogens is 1. The number of aromatic nitrogens is 2. The van der Waals surface area contributed by atoms with Crippen LogP contribution in [0.25, 0.3) is 10.9 Å². The highest BCUT2D eigenvalue weighted by Crippen LogP contribution is 2.14. The second-order valence-corrected chi connectivity index (χ2v) is 5.52. The molecule has 0 amide bonds. The smallest absolute Gasteiger partial charge is 0.258 e. The van der Waals surface area contributed by atoms with Crippen molar-refractivity contribution in [2.24, 2.45) is 5.92 Å². The molecule has 1 aromatic heterocycles. The van der Waals surface area contributed by atoms with E-state index in [0.717, 1.165) is 0 Å². The van der Waals surface area contributed by atoms with Crippen LogP contribution in [0.5, 0.6) is 0 Å². The first-order chi connectivity index (χ1) is 8.97. The Bertz CT molecular complexity index is 636. The lowest BCUT2D eigenvalue weighted by atomic mass is 10.1. The van der Waals surface area contributed by atoms with Crippen molar-refractivity contribution in [3.63, 3.8) is 0 Å². The van der Waals surface area contributed by atoms with Crippen LogP contribution < -0.4 is 10.9 Å². The molecule has 1 heterocycles. The van der Waals surface area contributed by atoms with Gasteiger partial charge in [0, 0.05) is 11.1 Å². The van der Waals surface area contributed by atoms with Crippen LogP contribution >= 0.6 is 11.6 Å². The maximum atomic E-state index is 11.9. The highest BCUT2D eigenvalue weighted by Gasteiger charge is 2.08. The summed E-state index contributed by atoms with van der Waals surface area (Å²) in [5, 5.41) is 4.48. The standard InChI is InChI=1S/C14H18ClN3O/c1-8(2)9(3)16-7-13-17-12-6-10(15)4-5-11(12)14(19)18-13/h4-6,8-9,16H,7H2,1-3H3,(H,17,18,19). The molecule has 2 N–H and O–H groups in total. The highest BCUT2D eigenvalue weighted by molar-refractivity contribution is 6.31. The van der Waals surface area contributed by atoms with Crippen molar-refractivity contribution in [1.82, 2.24) is 15.3 Å². The Kier molecular flexibility index (Phi) is 4.22. The van der Waals surface area contributed by atoms with Gasteiger partial charge >= 0.3 is 0 Å². The molecule has 0 aliphatic rings. The summed E-state index contributed by atoms with van der Waals surface area (Å²) in [5.41, 5.74) is 0.501. The molecule has 102 valence electrons. The lowest BCUT2D eigenvalue weighted by Gasteiger charge is -2.16. The molecule has 0 radical (unpaired) electrons. The largest absolute Gasteiger partial charge is 0.309 e. The topological polar surface area (TPSA) is 57.8 Å². The van der Waals surface area contributed by atoms with Gasteiger partial charge in [-0.15, -0.1) is 0 Å². The van der Waals surface area contributed by atoms with Gasteiger partial charge in [0.2, 0.25) is 0 Å². The van der Waals surface area contributed by atoms with Gasteiger partial charge in [0.15, 0.2) is 0 Å². The molecule has 1 unspecified atom stereocenters. The van der Waals surface area contributed by atoms with Crippen molar-refractivity contribution >= 4 is 22.5 Å². The van der Waals surface area contributed by atoms with Gasteiger partial charge in [-0.3, -0.25) is 4.79 Å². The summed E-state index contributed by atoms with van der Waals surface area (Å²) >= 11 is 5.92. The SMILES string of the molecule is CC(C)C(C)NCc1nc2cc(Cl)ccc2c(=O)[nH]1. The van der Waals surface area contributed by atoms with Gasteiger partial charge in [0.1, 0.15) is 5.82 Å². The van der Waals surface area contributed by atoms with Crippen molar-refractivity contribution in [2.75, 3.05) is 0 Å². The average Bonchev–Trinajstić information content (AvgIpc) is 2.35. The number of fused-ring (bicyclic) bond motifs is 1. The van der Waals surface area contributed by atoms with Crippen LogP contribution in [0.2, 0.25) is 5.02 Å². The molecule has 1 aromatic carbocycles. The maximum Gasteiger partial charge on any atom is 0.258 e. The predicted octanol–water partition coefficient (Wildman–Crippen LogP) is 2.71. The molecular weight excluding hydrogens is 262 g/mol. The zero-order valence-corrected chi connectivity index (χ0v) is 12.1. The van der Waals surface area contributed by atoms with Crippen LogP contribution in [0, 0.1) is 5.92 Å². The third kappa shape index (κ3) is 3.33. The zero-order valence-electron chi connectivity index (χ0n) is 11.3. The van der Waals surface area contributed by atoms with Crippen molar-refractivity contribution < 1.29 is 0 Å². The third-order valence-electron chi connectivity index (χ3n) is 3.31. The Morgan fingerprint density at radius 2 is 2.11 bits per heavy atom. The van der Waals surface area contributed by atoms with E-state index in [-0.39, 0.29) is 5.56 Å². The van der Waals surface area contributed by atoms with E-state index in [4.69, 9.17) is 11.6 Å². The number of nitrogens with one attached hydrogen (secondary N) is 2. The molecule has 19 heavy (non-hydrogen) atoms. The van der Waals surface area contributed by atoms with E-state index in [1.165, 1.54) is 0 Å². The van der Waals surface area contributed by atoms with Gasteiger partial charge in [-0.2, -0.15) is 0 Å². The molecule has 2 aromatic rings. The Balaban J connectivity index is 2.27. The minimum Gasteiger partial charge on any atom is -0.309 e. The summed E-state index contributed by atoms with van der Waals surface area (Å²) < 4.78 is 0. The fourth-order valence-electron chi connectivity index (χ4n) is 1.74. The fourth-order valence-corrected chi connectivity index (χ4v) is 1.90. The Labute approximate surface area is 117 Å². The highest BCUT2D eigenvalue weighted by atomic mass is 35.5. The van der Waals surface area contributed by atoms with E-state index in [9.17, 15) is 4.79 Å². The molecule has 1 atom stereocenters. The van der Waals surface area contributed by atoms with Gasteiger partial charge in [-0.1, -0.05) is 25.4 Å². The molecule has 0 bridgehead atoms. The van der Waals surface area contributed by atoms with Gasteiger partial charge in [0.25, 0.3) is 5.56 Å². The summed E-state index contributed by atoms with van der Waals surface area (Å²) in [6.07, 6.45) is 0. The van der Waals surface area contributed by atoms with Crippen molar-refractivity contribution in [1.29, 1.82) is 0 Å². The van der Waals surface area contributed by atoms with Crippen LogP contribution in [0.1, 0.15) is 26.6 Å². The minimum absolute atomic E-state index is 0.129. The Hall–Kier alpha value is -1.39. The van der Waals surface area contributed by atoms with E-state index in [1.807, 2.05) is 0 Å². The molecule has 0 aliphatic carbocycles. The molecule has 0 spiro atoms. The second-order valence-electron chi connectivity index (χ2n) is 5.09. The lowest BCUT2D eigenvalue weighted by molar-refractivity contribution is 0.421. The normalized spacial score (nSPS) is 13.1. The summed E-state index contributed by atoms with van der Waals surface area (Å²) in [5.74, 6) is 1.16. The van der Waals surface area contributed by atoms with Crippen LogP contribution in [-0.2, 0) is 6.54 Å². The number of hydrogen-bond acceptors (Lipinski definition) is 3. The first-order valence-corrected chi connectivity index (χ1v) is 6.77. The quantitative estimate of drug-likeness (QED) is 0.905. The van der Waals surface area contributed by atoms with Crippen LogP contribution in [0.4, 0.5) is 0 Å². The summed E-state index contributed by atoms with van der Waals surface area (Å²) in [6.45, 7) is 6.94. The van der Waals surface area contributed by atoms with E-state index in [1.54, 1.807) is 18.2 Å². The maximum absolute atomic E-state index is 11.9. The van der Waals surface area contributed by atoms with Gasteiger partial charge in [0.05, 0.1) is 17.4 Å². The number of aromatic amines is 1. The fraction of sp³-hybridized carbons (Fsp3) is 0.429. The number of hydrogen-bond donors (Lipinski definition) is 2. The zero-order chi connectivity index (χ0) is 14.0. The van der Waals surface area contributed by atoms with E-state index >= 15 is 0 Å². The molecule has 0 saturated carbocycles. The Morgan fingerprint density at radius 1 is 1.37 bits per heavy atom. The summed E-state index contributed by atoms with van der Waals surface area (Å²) in [4.78, 5) is 19.1. The summed E-state index contributed by atoms with van der Waals surface area (Å²) in [6, 6.07) is 5.46. The van der Waals surface area contributed by atoms with Crippen LogP contribution in [0.15, 0.2) is 23.0 Å². The number of nitrogens with zero attached hydrogens (tertiary/aromatic N) is 1. The Morgan fingerprint density at radius 3 is 2.79 bits per heavy atom. The van der Waals surface area contributed by atoms with E-state index in [0.29, 0.717) is 40.3 Å². The molecular formula is C14H18ClN3O. The predicted molar refractivity (Wildman–Crippen MR) is 78.5 cm³/mol. The molecule has 5 heteroatoms. The molecule has 2 rings (SSSR count). The molecule has 0 fully saturated rings. The van der Waals surface area contributed by atoms with Crippen LogP contribution in [-0.4, -0.2) is 16.0 Å². The van der Waals surface area contributed by atoms with E-state index < -0.39 is 0 Å². The summed E-state index contributed by atoms with van der Waals surface area (Å²) in [7, 11) is 0. The first-order valence-electron chi connectivity index (χ1n) is 6.39. The van der Waals surface area contributed by atoms with E-state index in [2.05, 4.69) is 36.1 Å². The minimum atomic E-state index is -0.129. The lowest BCUT2D eigenvalue weighted by Crippen LogP contribution is -2.31. The van der Waals surface area contributed by atoms with Gasteiger partial charge in [-0.05, 0) is 31.0 Å². The van der Waals surface area contributed by atoms with Gasteiger partial charge < -0.3 is 10.3 Å². The average molecular weight is 280 g/mol. The number of benzene rings is 1. The molecule has 4 nitrogen and oxygen atoms in total. The molecule has 0 aliphatic heterocycles. The van der Waals surface area contributed by atoms with Crippen molar-refractivity contribution in [2.45, 2.75) is 33.4 Å². The third-order valence-corrected chi connectivity index (χ3v) is 3.54. The first kappa shape index (κ1) is 14.0. The van der Waals surface area contributed by atoms with Gasteiger partial charge in [-0.25, -0.2) is 4.98 Å². The number of halogens is 1. The van der Waals surface area contributed by atoms with Crippen LogP contribution in [0.3, 0.4) is 0 Å².